The van der Waals surface area contributed by atoms with E-state index in [1.807, 2.05) is 11.3 Å². The lowest BCUT2D eigenvalue weighted by atomic mass is 10.0. The molecule has 1 aliphatic heterocycles. The second-order valence-electron chi connectivity index (χ2n) is 5.93. The molecule has 0 radical (unpaired) electrons. The highest BCUT2D eigenvalue weighted by molar-refractivity contribution is 7.18. The summed E-state index contributed by atoms with van der Waals surface area (Å²) < 4.78 is 1.35. The Labute approximate surface area is 112 Å². The predicted molar refractivity (Wildman–Crippen MR) is 76.1 cm³/mol. The molecule has 1 saturated carbocycles. The molecule has 1 aromatic heterocycles. The number of likely N-dealkylation sites (tertiary alicyclic amines) is 1. The van der Waals surface area contributed by atoms with Crippen LogP contribution in [0.15, 0.2) is 24.3 Å². The second-order valence-corrected chi connectivity index (χ2v) is 6.99. The van der Waals surface area contributed by atoms with Gasteiger partial charge in [0.1, 0.15) is 0 Å². The minimum atomic E-state index is 0.728. The van der Waals surface area contributed by atoms with Crippen molar-refractivity contribution >= 4 is 21.6 Å². The fourth-order valence-corrected chi connectivity index (χ4v) is 4.89. The number of nitrogens with zero attached hydrogens (tertiary/aromatic N) is 2. The molecule has 0 spiro atoms. The Bertz CT molecular complexity index is 530. The highest BCUT2D eigenvalue weighted by Gasteiger charge is 2.40. The number of para-hydroxylation sites is 1. The molecule has 4 rings (SSSR count). The van der Waals surface area contributed by atoms with Gasteiger partial charge in [-0.2, -0.15) is 0 Å². The first-order valence-corrected chi connectivity index (χ1v) is 7.65. The average Bonchev–Trinajstić information content (AvgIpc) is 2.98. The number of rotatable bonds is 1. The summed E-state index contributed by atoms with van der Waals surface area (Å²) in [6.07, 6.45) is 2.71. The van der Waals surface area contributed by atoms with Crippen LogP contribution in [0.25, 0.3) is 10.2 Å². The van der Waals surface area contributed by atoms with E-state index in [0.717, 1.165) is 17.8 Å². The van der Waals surface area contributed by atoms with Gasteiger partial charge in [-0.15, -0.1) is 11.3 Å². The van der Waals surface area contributed by atoms with Gasteiger partial charge in [-0.3, -0.25) is 0 Å². The molecule has 0 N–H and O–H groups in total. The Morgan fingerprint density at radius 1 is 1.17 bits per heavy atom. The Balaban J connectivity index is 1.61. The zero-order chi connectivity index (χ0) is 12.1. The summed E-state index contributed by atoms with van der Waals surface area (Å²) in [4.78, 5) is 7.34. The lowest BCUT2D eigenvalue weighted by Crippen LogP contribution is -2.16. The van der Waals surface area contributed by atoms with Gasteiger partial charge in [0, 0.05) is 19.0 Å². The van der Waals surface area contributed by atoms with Crippen molar-refractivity contribution < 1.29 is 0 Å². The molecule has 0 bridgehead atoms. The van der Waals surface area contributed by atoms with Crippen LogP contribution in [0.3, 0.4) is 0 Å². The molecule has 1 saturated heterocycles. The molecular formula is C15H18N2S. The predicted octanol–water partition coefficient (Wildman–Crippen LogP) is 3.35. The largest absolute Gasteiger partial charge is 0.306 e. The average molecular weight is 258 g/mol. The van der Waals surface area contributed by atoms with Crippen LogP contribution in [0.5, 0.6) is 0 Å². The smallest absolute Gasteiger partial charge is 0.0969 e. The molecule has 2 fully saturated rings. The molecule has 18 heavy (non-hydrogen) atoms. The number of aromatic nitrogens is 1. The molecule has 3 atom stereocenters. The molecule has 2 aliphatic rings. The number of thiazole rings is 1. The molecule has 94 valence electrons. The first-order chi connectivity index (χ1) is 8.79. The van der Waals surface area contributed by atoms with Crippen molar-refractivity contribution in [3.8, 4) is 0 Å². The summed E-state index contributed by atoms with van der Waals surface area (Å²) in [5.41, 5.74) is 1.19. The Hall–Kier alpha value is -0.930. The minimum absolute atomic E-state index is 0.728. The minimum Gasteiger partial charge on any atom is -0.306 e. The van der Waals surface area contributed by atoms with Crippen LogP contribution >= 0.6 is 11.3 Å². The summed E-state index contributed by atoms with van der Waals surface area (Å²) in [7, 11) is 2.25. The Morgan fingerprint density at radius 3 is 2.61 bits per heavy atom. The summed E-state index contributed by atoms with van der Waals surface area (Å²) >= 11 is 1.91. The summed E-state index contributed by atoms with van der Waals surface area (Å²) in [6.45, 7) is 2.60. The summed E-state index contributed by atoms with van der Waals surface area (Å²) in [5.74, 6) is 2.57. The fourth-order valence-electron chi connectivity index (χ4n) is 3.80. The van der Waals surface area contributed by atoms with Crippen molar-refractivity contribution in [2.45, 2.75) is 18.8 Å². The van der Waals surface area contributed by atoms with Crippen LogP contribution in [0, 0.1) is 11.8 Å². The van der Waals surface area contributed by atoms with E-state index in [9.17, 15) is 0 Å². The zero-order valence-electron chi connectivity index (χ0n) is 10.7. The maximum Gasteiger partial charge on any atom is 0.0969 e. The zero-order valence-corrected chi connectivity index (χ0v) is 11.5. The monoisotopic (exact) mass is 258 g/mol. The van der Waals surface area contributed by atoms with Gasteiger partial charge in [0.25, 0.3) is 0 Å². The molecule has 2 aromatic rings. The van der Waals surface area contributed by atoms with Crippen molar-refractivity contribution in [2.75, 3.05) is 20.1 Å². The highest BCUT2D eigenvalue weighted by Crippen LogP contribution is 2.47. The van der Waals surface area contributed by atoms with Crippen molar-refractivity contribution in [2.24, 2.45) is 11.8 Å². The topological polar surface area (TPSA) is 16.1 Å². The molecule has 1 aromatic carbocycles. The van der Waals surface area contributed by atoms with E-state index in [1.165, 1.54) is 41.2 Å². The van der Waals surface area contributed by atoms with E-state index in [4.69, 9.17) is 4.98 Å². The lowest BCUT2D eigenvalue weighted by molar-refractivity contribution is 0.371. The van der Waals surface area contributed by atoms with E-state index in [1.54, 1.807) is 0 Å². The van der Waals surface area contributed by atoms with E-state index in [-0.39, 0.29) is 0 Å². The molecule has 2 heterocycles. The maximum atomic E-state index is 4.85. The first kappa shape index (κ1) is 10.9. The van der Waals surface area contributed by atoms with Crippen LogP contribution in [-0.2, 0) is 0 Å². The molecule has 1 aliphatic carbocycles. The Kier molecular flexibility index (Phi) is 2.45. The molecule has 3 heteroatoms. The van der Waals surface area contributed by atoms with Gasteiger partial charge in [-0.25, -0.2) is 4.98 Å². The third-order valence-electron chi connectivity index (χ3n) is 4.59. The van der Waals surface area contributed by atoms with Gasteiger partial charge in [0.15, 0.2) is 0 Å². The number of benzene rings is 1. The van der Waals surface area contributed by atoms with E-state index in [0.29, 0.717) is 0 Å². The molecular weight excluding hydrogens is 240 g/mol. The van der Waals surface area contributed by atoms with Crippen molar-refractivity contribution in [3.05, 3.63) is 29.3 Å². The van der Waals surface area contributed by atoms with Crippen LogP contribution in [0.1, 0.15) is 23.8 Å². The quantitative estimate of drug-likeness (QED) is 0.780. The van der Waals surface area contributed by atoms with Crippen LogP contribution in [-0.4, -0.2) is 30.0 Å². The lowest BCUT2D eigenvalue weighted by Gasteiger charge is -2.12. The molecule has 0 amide bonds. The summed E-state index contributed by atoms with van der Waals surface area (Å²) in [6, 6.07) is 8.53. The van der Waals surface area contributed by atoms with E-state index >= 15 is 0 Å². The SMILES string of the molecule is CN1C[C@H]2CC(c3nc4ccccc4s3)C[C@H]2C1. The second kappa shape index (κ2) is 4.04. The number of hydrogen-bond donors (Lipinski definition) is 0. The number of fused-ring (bicyclic) bond motifs is 2. The van der Waals surface area contributed by atoms with Gasteiger partial charge in [-0.05, 0) is 43.9 Å². The first-order valence-electron chi connectivity index (χ1n) is 6.83. The van der Waals surface area contributed by atoms with E-state index < -0.39 is 0 Å². The van der Waals surface area contributed by atoms with Crippen LogP contribution in [0.2, 0.25) is 0 Å². The van der Waals surface area contributed by atoms with Crippen LogP contribution < -0.4 is 0 Å². The summed E-state index contributed by atoms with van der Waals surface area (Å²) in [5, 5.41) is 1.38. The van der Waals surface area contributed by atoms with Gasteiger partial charge < -0.3 is 4.90 Å². The maximum absolute atomic E-state index is 4.85. The van der Waals surface area contributed by atoms with Crippen LogP contribution in [0.4, 0.5) is 0 Å². The molecule has 2 nitrogen and oxygen atoms in total. The highest BCUT2D eigenvalue weighted by atomic mass is 32.1. The standard InChI is InChI=1S/C15H18N2S/c1-17-8-11-6-10(7-12(11)9-17)15-16-13-4-2-3-5-14(13)18-15/h2-5,10-12H,6-9H2,1H3/t10?,11-,12+. The number of hydrogen-bond acceptors (Lipinski definition) is 3. The van der Waals surface area contributed by atoms with Crippen molar-refractivity contribution in [1.82, 2.24) is 9.88 Å². The van der Waals surface area contributed by atoms with Crippen molar-refractivity contribution in [3.63, 3.8) is 0 Å². The molecule has 1 unspecified atom stereocenters. The van der Waals surface area contributed by atoms with Gasteiger partial charge in [0.05, 0.1) is 15.2 Å². The van der Waals surface area contributed by atoms with E-state index in [2.05, 4.69) is 36.2 Å². The van der Waals surface area contributed by atoms with Gasteiger partial charge in [0.2, 0.25) is 0 Å². The van der Waals surface area contributed by atoms with Crippen molar-refractivity contribution in [1.29, 1.82) is 0 Å². The normalized spacial score (nSPS) is 32.2. The fraction of sp³-hybridized carbons (Fsp3) is 0.533. The third kappa shape index (κ3) is 1.69. The van der Waals surface area contributed by atoms with Gasteiger partial charge >= 0.3 is 0 Å². The van der Waals surface area contributed by atoms with Gasteiger partial charge in [-0.1, -0.05) is 12.1 Å². The third-order valence-corrected chi connectivity index (χ3v) is 5.79. The Morgan fingerprint density at radius 2 is 1.89 bits per heavy atom.